The van der Waals surface area contributed by atoms with Crippen LogP contribution in [0.5, 0.6) is 0 Å². The molecule has 3 nitrogen and oxygen atoms in total. The van der Waals surface area contributed by atoms with Crippen molar-refractivity contribution in [1.29, 1.82) is 0 Å². The predicted octanol–water partition coefficient (Wildman–Crippen LogP) is 3.61. The number of thioether (sulfide) groups is 2. The Balaban J connectivity index is 1.80. The first kappa shape index (κ1) is 13.7. The molecule has 0 aliphatic heterocycles. The normalized spacial score (nSPS) is 10.5. The van der Waals surface area contributed by atoms with Gasteiger partial charge in [0.05, 0.1) is 0 Å². The molecule has 6 heteroatoms. The standard InChI is InChI=1S/C12H15N3S3/c1-16-7-8-17-12-15-14-11(18-12)13-9-10-5-3-2-4-6-10/h2-6H,7-9H2,1H3,(H,13,14). The average molecular weight is 297 g/mol. The Morgan fingerprint density at radius 3 is 2.78 bits per heavy atom. The number of benzene rings is 1. The lowest BCUT2D eigenvalue weighted by molar-refractivity contribution is 0.996. The quantitative estimate of drug-likeness (QED) is 0.624. The Labute approximate surface area is 120 Å². The van der Waals surface area contributed by atoms with E-state index in [1.165, 1.54) is 5.56 Å². The molecular formula is C12H15N3S3. The number of nitrogens with one attached hydrogen (secondary N) is 1. The minimum atomic E-state index is 0.797. The molecule has 0 aliphatic carbocycles. The highest BCUT2D eigenvalue weighted by atomic mass is 32.2. The largest absolute Gasteiger partial charge is 0.356 e. The van der Waals surface area contributed by atoms with E-state index in [0.717, 1.165) is 27.5 Å². The molecule has 1 heterocycles. The minimum Gasteiger partial charge on any atom is -0.356 e. The van der Waals surface area contributed by atoms with E-state index < -0.39 is 0 Å². The fourth-order valence-corrected chi connectivity index (χ4v) is 3.79. The van der Waals surface area contributed by atoms with Crippen molar-refractivity contribution < 1.29 is 0 Å². The van der Waals surface area contributed by atoms with Gasteiger partial charge in [-0.25, -0.2) is 0 Å². The Morgan fingerprint density at radius 1 is 1.17 bits per heavy atom. The summed E-state index contributed by atoms with van der Waals surface area (Å²) in [6, 6.07) is 10.3. The molecule has 0 fully saturated rings. The van der Waals surface area contributed by atoms with Gasteiger partial charge in [-0.3, -0.25) is 0 Å². The maximum absolute atomic E-state index is 4.16. The van der Waals surface area contributed by atoms with Crippen LogP contribution in [0.25, 0.3) is 0 Å². The number of hydrogen-bond acceptors (Lipinski definition) is 6. The molecule has 1 aromatic carbocycles. The third-order valence-electron chi connectivity index (χ3n) is 2.21. The second-order valence-electron chi connectivity index (χ2n) is 3.55. The maximum atomic E-state index is 4.16. The summed E-state index contributed by atoms with van der Waals surface area (Å²) in [5.74, 6) is 2.24. The molecule has 0 saturated carbocycles. The monoisotopic (exact) mass is 297 g/mol. The minimum absolute atomic E-state index is 0.797. The van der Waals surface area contributed by atoms with E-state index in [1.54, 1.807) is 23.1 Å². The zero-order valence-electron chi connectivity index (χ0n) is 10.1. The van der Waals surface area contributed by atoms with Crippen LogP contribution in [0.3, 0.4) is 0 Å². The van der Waals surface area contributed by atoms with E-state index >= 15 is 0 Å². The Morgan fingerprint density at radius 2 is 2.00 bits per heavy atom. The number of aromatic nitrogens is 2. The van der Waals surface area contributed by atoms with Crippen molar-refractivity contribution in [3.8, 4) is 0 Å². The highest BCUT2D eigenvalue weighted by molar-refractivity contribution is 8.03. The third kappa shape index (κ3) is 4.51. The molecule has 0 radical (unpaired) electrons. The lowest BCUT2D eigenvalue weighted by Crippen LogP contribution is -1.98. The van der Waals surface area contributed by atoms with Gasteiger partial charge < -0.3 is 5.32 Å². The lowest BCUT2D eigenvalue weighted by Gasteiger charge is -2.00. The van der Waals surface area contributed by atoms with Crippen LogP contribution in [0.4, 0.5) is 5.13 Å². The first-order valence-electron chi connectivity index (χ1n) is 5.61. The van der Waals surface area contributed by atoms with Crippen molar-refractivity contribution in [1.82, 2.24) is 10.2 Å². The van der Waals surface area contributed by atoms with Gasteiger partial charge in [0, 0.05) is 18.1 Å². The van der Waals surface area contributed by atoms with Gasteiger partial charge in [-0.05, 0) is 11.8 Å². The number of rotatable bonds is 7. The van der Waals surface area contributed by atoms with Crippen LogP contribution in [0.2, 0.25) is 0 Å². The van der Waals surface area contributed by atoms with Crippen LogP contribution in [-0.4, -0.2) is 28.0 Å². The second kappa shape index (κ2) is 7.66. The van der Waals surface area contributed by atoms with Crippen LogP contribution < -0.4 is 5.32 Å². The molecule has 96 valence electrons. The molecule has 0 amide bonds. The van der Waals surface area contributed by atoms with Gasteiger partial charge in [0.1, 0.15) is 0 Å². The van der Waals surface area contributed by atoms with Crippen molar-refractivity contribution >= 4 is 40.0 Å². The summed E-state index contributed by atoms with van der Waals surface area (Å²) in [5.41, 5.74) is 1.25. The van der Waals surface area contributed by atoms with Crippen molar-refractivity contribution in [3.05, 3.63) is 35.9 Å². The average Bonchev–Trinajstić information content (AvgIpc) is 2.86. The molecule has 2 rings (SSSR count). The summed E-state index contributed by atoms with van der Waals surface area (Å²) in [6.45, 7) is 0.797. The zero-order chi connectivity index (χ0) is 12.6. The Hall–Kier alpha value is -0.720. The Kier molecular flexibility index (Phi) is 5.83. The smallest absolute Gasteiger partial charge is 0.206 e. The van der Waals surface area contributed by atoms with Crippen molar-refractivity contribution in [2.45, 2.75) is 10.9 Å². The lowest BCUT2D eigenvalue weighted by atomic mass is 10.2. The summed E-state index contributed by atoms with van der Waals surface area (Å²) in [7, 11) is 0. The highest BCUT2D eigenvalue weighted by Crippen LogP contribution is 2.26. The van der Waals surface area contributed by atoms with Crippen LogP contribution in [0.15, 0.2) is 34.7 Å². The molecule has 0 aliphatic rings. The number of nitrogens with zero attached hydrogens (tertiary/aromatic N) is 2. The molecule has 2 aromatic rings. The van der Waals surface area contributed by atoms with E-state index in [2.05, 4.69) is 33.9 Å². The van der Waals surface area contributed by atoms with Gasteiger partial charge in [-0.1, -0.05) is 53.4 Å². The zero-order valence-corrected chi connectivity index (χ0v) is 12.6. The summed E-state index contributed by atoms with van der Waals surface area (Å²) >= 11 is 5.25. The molecule has 0 saturated heterocycles. The molecule has 1 aromatic heterocycles. The van der Waals surface area contributed by atoms with Gasteiger partial charge in [0.2, 0.25) is 5.13 Å². The molecule has 0 atom stereocenters. The second-order valence-corrected chi connectivity index (χ2v) is 6.86. The maximum Gasteiger partial charge on any atom is 0.206 e. The van der Waals surface area contributed by atoms with Crippen molar-refractivity contribution in [3.63, 3.8) is 0 Å². The predicted molar refractivity (Wildman–Crippen MR) is 82.8 cm³/mol. The van der Waals surface area contributed by atoms with Crippen LogP contribution in [0, 0.1) is 0 Å². The summed E-state index contributed by atoms with van der Waals surface area (Å²) in [6.07, 6.45) is 2.12. The summed E-state index contributed by atoms with van der Waals surface area (Å²) in [4.78, 5) is 0. The summed E-state index contributed by atoms with van der Waals surface area (Å²) in [5, 5.41) is 12.5. The number of hydrogen-bond donors (Lipinski definition) is 1. The first-order valence-corrected chi connectivity index (χ1v) is 8.81. The van der Waals surface area contributed by atoms with E-state index in [1.807, 2.05) is 30.0 Å². The first-order chi connectivity index (χ1) is 8.88. The van der Waals surface area contributed by atoms with Crippen LogP contribution >= 0.6 is 34.9 Å². The van der Waals surface area contributed by atoms with E-state index in [0.29, 0.717) is 0 Å². The van der Waals surface area contributed by atoms with Crippen LogP contribution in [0.1, 0.15) is 5.56 Å². The molecule has 18 heavy (non-hydrogen) atoms. The van der Waals surface area contributed by atoms with Gasteiger partial charge in [0.15, 0.2) is 4.34 Å². The van der Waals surface area contributed by atoms with Gasteiger partial charge in [0.25, 0.3) is 0 Å². The van der Waals surface area contributed by atoms with E-state index in [-0.39, 0.29) is 0 Å². The molecular weight excluding hydrogens is 282 g/mol. The summed E-state index contributed by atoms with van der Waals surface area (Å²) < 4.78 is 1.04. The number of anilines is 1. The van der Waals surface area contributed by atoms with Gasteiger partial charge in [-0.15, -0.1) is 10.2 Å². The van der Waals surface area contributed by atoms with Crippen LogP contribution in [-0.2, 0) is 6.54 Å². The van der Waals surface area contributed by atoms with E-state index in [9.17, 15) is 0 Å². The van der Waals surface area contributed by atoms with Gasteiger partial charge in [-0.2, -0.15) is 11.8 Å². The Bertz CT molecular complexity index is 459. The topological polar surface area (TPSA) is 37.8 Å². The molecule has 0 bridgehead atoms. The van der Waals surface area contributed by atoms with Crippen molar-refractivity contribution in [2.75, 3.05) is 23.1 Å². The van der Waals surface area contributed by atoms with E-state index in [4.69, 9.17) is 0 Å². The fraction of sp³-hybridized carbons (Fsp3) is 0.333. The molecule has 0 spiro atoms. The molecule has 0 unspecified atom stereocenters. The SMILES string of the molecule is CSCCSc1nnc(NCc2ccccc2)s1. The fourth-order valence-electron chi connectivity index (χ4n) is 1.33. The van der Waals surface area contributed by atoms with Crippen molar-refractivity contribution in [2.24, 2.45) is 0 Å². The molecule has 1 N–H and O–H groups in total. The third-order valence-corrected chi connectivity index (χ3v) is 5.09. The van der Waals surface area contributed by atoms with Gasteiger partial charge >= 0.3 is 0 Å². The highest BCUT2D eigenvalue weighted by Gasteiger charge is 2.03.